The van der Waals surface area contributed by atoms with Gasteiger partial charge in [0.2, 0.25) is 5.91 Å². The highest BCUT2D eigenvalue weighted by atomic mass is 35.5. The Morgan fingerprint density at radius 3 is 2.64 bits per heavy atom. The quantitative estimate of drug-likeness (QED) is 0.735. The van der Waals surface area contributed by atoms with Crippen molar-refractivity contribution < 1.29 is 13.2 Å². The number of hydrogen-bond acceptors (Lipinski definition) is 5. The van der Waals surface area contributed by atoms with E-state index in [1.807, 2.05) is 9.80 Å². The molecule has 1 amide bonds. The number of halogens is 1. The van der Waals surface area contributed by atoms with E-state index < -0.39 is 10.0 Å². The Morgan fingerprint density at radius 2 is 1.93 bits per heavy atom. The summed E-state index contributed by atoms with van der Waals surface area (Å²) in [5, 5.41) is 0. The molecule has 154 valence electrons. The summed E-state index contributed by atoms with van der Waals surface area (Å²) in [4.78, 5) is 17.3. The average molecular weight is 427 g/mol. The molecule has 2 atom stereocenters. The number of sulfonamides is 1. The summed E-state index contributed by atoms with van der Waals surface area (Å²) >= 11 is 0. The van der Waals surface area contributed by atoms with Crippen LogP contribution in [0.1, 0.15) is 38.7 Å². The monoisotopic (exact) mass is 426 g/mol. The minimum Gasteiger partial charge on any atom is -0.343 e. The normalized spacial score (nSPS) is 27.8. The molecule has 3 heterocycles. The zero-order chi connectivity index (χ0) is 19.4. The van der Waals surface area contributed by atoms with Crippen molar-refractivity contribution in [3.63, 3.8) is 0 Å². The Labute approximate surface area is 172 Å². The lowest BCUT2D eigenvalue weighted by atomic mass is 9.79. The van der Waals surface area contributed by atoms with E-state index in [1.54, 1.807) is 24.3 Å². The number of carbonyl (C=O) groups is 1. The molecule has 9 heteroatoms. The van der Waals surface area contributed by atoms with E-state index in [9.17, 15) is 13.2 Å². The molecule has 0 radical (unpaired) electrons. The summed E-state index contributed by atoms with van der Waals surface area (Å²) in [6.07, 6.45) is 2.33. The molecule has 0 bridgehead atoms. The summed E-state index contributed by atoms with van der Waals surface area (Å²) in [6.45, 7) is 6.09. The summed E-state index contributed by atoms with van der Waals surface area (Å²) in [7, 11) is -3.69. The fourth-order valence-electron chi connectivity index (χ4n) is 4.35. The van der Waals surface area contributed by atoms with E-state index in [-0.39, 0.29) is 40.7 Å². The number of benzene rings is 1. The van der Waals surface area contributed by atoms with Crippen molar-refractivity contribution >= 4 is 34.2 Å². The standard InChI is InChI=1S/C19H26N4O3S.ClH/c1-19(2)12-22(11-9-16(19)20)18(24)14-7-5-10-23(14)17-13-6-3-4-8-15(13)27(25,26)21-17;/h3-4,6,8,14,16H,5,7,9-12,20H2,1-2H3;1H. The van der Waals surface area contributed by atoms with Crippen LogP contribution in [-0.4, -0.2) is 61.7 Å². The maximum atomic E-state index is 13.3. The molecule has 4 rings (SSSR count). The molecule has 1 aromatic rings. The van der Waals surface area contributed by atoms with Crippen LogP contribution in [0.2, 0.25) is 0 Å². The Hall–Kier alpha value is -1.64. The number of rotatable bonds is 1. The van der Waals surface area contributed by atoms with Gasteiger partial charge in [-0.3, -0.25) is 4.79 Å². The Bertz CT molecular complexity index is 916. The second-order valence-electron chi connectivity index (χ2n) is 8.38. The number of carbonyl (C=O) groups excluding carboxylic acids is 1. The topological polar surface area (TPSA) is 96.1 Å². The van der Waals surface area contributed by atoms with Crippen LogP contribution in [0.4, 0.5) is 0 Å². The van der Waals surface area contributed by atoms with Crippen LogP contribution in [0, 0.1) is 5.41 Å². The van der Waals surface area contributed by atoms with E-state index in [0.29, 0.717) is 37.5 Å². The predicted octanol–water partition coefficient (Wildman–Crippen LogP) is 1.61. The molecule has 2 fully saturated rings. The molecule has 2 saturated heterocycles. The number of piperidine rings is 1. The third-order valence-electron chi connectivity index (χ3n) is 6.05. The molecular weight excluding hydrogens is 400 g/mol. The van der Waals surface area contributed by atoms with Crippen molar-refractivity contribution in [1.29, 1.82) is 0 Å². The number of nitrogens with zero attached hydrogens (tertiary/aromatic N) is 3. The van der Waals surface area contributed by atoms with Gasteiger partial charge in [0.1, 0.15) is 10.9 Å². The first-order valence-corrected chi connectivity index (χ1v) is 10.9. The SMILES string of the molecule is CC1(C)CN(C(=O)C2CCCN2C2=NS(=O)(=O)c3ccccc32)CCC1N.Cl. The maximum absolute atomic E-state index is 13.3. The van der Waals surface area contributed by atoms with Gasteiger partial charge in [0.25, 0.3) is 10.0 Å². The fraction of sp³-hybridized carbons (Fsp3) is 0.579. The van der Waals surface area contributed by atoms with Gasteiger partial charge in [-0.1, -0.05) is 26.0 Å². The molecule has 0 aromatic heterocycles. The average Bonchev–Trinajstić information content (AvgIpc) is 3.20. The van der Waals surface area contributed by atoms with E-state index in [1.165, 1.54) is 0 Å². The first-order chi connectivity index (χ1) is 12.7. The minimum absolute atomic E-state index is 0. The van der Waals surface area contributed by atoms with Gasteiger partial charge >= 0.3 is 0 Å². The summed E-state index contributed by atoms with van der Waals surface area (Å²) in [5.74, 6) is 0.464. The van der Waals surface area contributed by atoms with E-state index in [4.69, 9.17) is 5.73 Å². The molecule has 28 heavy (non-hydrogen) atoms. The summed E-state index contributed by atoms with van der Waals surface area (Å²) in [6, 6.07) is 6.55. The predicted molar refractivity (Wildman–Crippen MR) is 110 cm³/mol. The van der Waals surface area contributed by atoms with Crippen LogP contribution < -0.4 is 5.73 Å². The van der Waals surface area contributed by atoms with Gasteiger partial charge in [0.05, 0.1) is 0 Å². The molecule has 0 spiro atoms. The van der Waals surface area contributed by atoms with Gasteiger partial charge in [-0.15, -0.1) is 16.8 Å². The Kier molecular flexibility index (Phi) is 5.51. The van der Waals surface area contributed by atoms with Gasteiger partial charge in [0, 0.05) is 31.2 Å². The lowest BCUT2D eigenvalue weighted by molar-refractivity contribution is -0.138. The molecule has 3 aliphatic rings. The fourth-order valence-corrected chi connectivity index (χ4v) is 5.56. The highest BCUT2D eigenvalue weighted by molar-refractivity contribution is 7.90. The second kappa shape index (κ2) is 7.31. The van der Waals surface area contributed by atoms with E-state index in [2.05, 4.69) is 18.2 Å². The third kappa shape index (κ3) is 3.42. The van der Waals surface area contributed by atoms with E-state index in [0.717, 1.165) is 12.8 Å². The Balaban J connectivity index is 0.00000225. The molecular formula is C19H27ClN4O3S. The van der Waals surface area contributed by atoms with Crippen molar-refractivity contribution in [2.75, 3.05) is 19.6 Å². The first-order valence-electron chi connectivity index (χ1n) is 9.46. The van der Waals surface area contributed by atoms with Crippen molar-refractivity contribution in [3.8, 4) is 0 Å². The highest BCUT2D eigenvalue weighted by Gasteiger charge is 2.43. The van der Waals surface area contributed by atoms with Gasteiger partial charge < -0.3 is 15.5 Å². The third-order valence-corrected chi connectivity index (χ3v) is 7.37. The molecule has 0 saturated carbocycles. The van der Waals surface area contributed by atoms with Crippen molar-refractivity contribution in [2.45, 2.75) is 50.1 Å². The van der Waals surface area contributed by atoms with Crippen molar-refractivity contribution in [2.24, 2.45) is 15.5 Å². The largest absolute Gasteiger partial charge is 0.343 e. The van der Waals surface area contributed by atoms with Crippen molar-refractivity contribution in [1.82, 2.24) is 9.80 Å². The lowest BCUT2D eigenvalue weighted by Crippen LogP contribution is -2.57. The van der Waals surface area contributed by atoms with Gasteiger partial charge in [0.15, 0.2) is 5.84 Å². The first kappa shape index (κ1) is 21.1. The van der Waals surface area contributed by atoms with Crippen LogP contribution in [-0.2, 0) is 14.8 Å². The van der Waals surface area contributed by atoms with Gasteiger partial charge in [-0.05, 0) is 36.8 Å². The molecule has 2 N–H and O–H groups in total. The van der Waals surface area contributed by atoms with Crippen LogP contribution in [0.15, 0.2) is 33.6 Å². The van der Waals surface area contributed by atoms with E-state index >= 15 is 0 Å². The zero-order valence-electron chi connectivity index (χ0n) is 16.2. The van der Waals surface area contributed by atoms with Crippen LogP contribution in [0.25, 0.3) is 0 Å². The van der Waals surface area contributed by atoms with Crippen LogP contribution >= 0.6 is 12.4 Å². The van der Waals surface area contributed by atoms with Crippen LogP contribution in [0.5, 0.6) is 0 Å². The van der Waals surface area contributed by atoms with Gasteiger partial charge in [-0.25, -0.2) is 0 Å². The van der Waals surface area contributed by atoms with Gasteiger partial charge in [-0.2, -0.15) is 8.42 Å². The van der Waals surface area contributed by atoms with Crippen LogP contribution in [0.3, 0.4) is 0 Å². The summed E-state index contributed by atoms with van der Waals surface area (Å²) < 4.78 is 28.8. The number of amidine groups is 1. The number of likely N-dealkylation sites (tertiary alicyclic amines) is 2. The molecule has 3 aliphatic heterocycles. The highest BCUT2D eigenvalue weighted by Crippen LogP contribution is 2.33. The smallest absolute Gasteiger partial charge is 0.285 e. The Morgan fingerprint density at radius 1 is 1.21 bits per heavy atom. The summed E-state index contributed by atoms with van der Waals surface area (Å²) in [5.41, 5.74) is 6.67. The number of hydrogen-bond donors (Lipinski definition) is 1. The maximum Gasteiger partial charge on any atom is 0.285 e. The number of nitrogens with two attached hydrogens (primary N) is 1. The lowest BCUT2D eigenvalue weighted by Gasteiger charge is -2.44. The molecule has 2 unspecified atom stereocenters. The molecule has 7 nitrogen and oxygen atoms in total. The second-order valence-corrected chi connectivity index (χ2v) is 9.95. The minimum atomic E-state index is -3.69. The molecule has 0 aliphatic carbocycles. The zero-order valence-corrected chi connectivity index (χ0v) is 17.8. The molecule has 1 aromatic carbocycles. The van der Waals surface area contributed by atoms with Crippen molar-refractivity contribution in [3.05, 3.63) is 29.8 Å². The number of fused-ring (bicyclic) bond motifs is 1. The number of amides is 1.